The van der Waals surface area contributed by atoms with Gasteiger partial charge in [-0.2, -0.15) is 5.10 Å². The third-order valence-corrected chi connectivity index (χ3v) is 4.03. The molecule has 1 saturated heterocycles. The van der Waals surface area contributed by atoms with Crippen molar-refractivity contribution < 1.29 is 4.74 Å². The average Bonchev–Trinajstić information content (AvgIpc) is 3.11. The fraction of sp³-hybridized carbons (Fsp3) is 0.438. The van der Waals surface area contributed by atoms with Crippen molar-refractivity contribution >= 4 is 11.6 Å². The second-order valence-corrected chi connectivity index (χ2v) is 6.13. The number of nitrogens with zero attached hydrogens (tertiary/aromatic N) is 3. The van der Waals surface area contributed by atoms with Gasteiger partial charge in [-0.3, -0.25) is 0 Å². The Morgan fingerprint density at radius 1 is 1.38 bits per heavy atom. The zero-order chi connectivity index (χ0) is 14.7. The van der Waals surface area contributed by atoms with E-state index in [1.54, 1.807) is 0 Å². The van der Waals surface area contributed by atoms with Crippen LogP contribution >= 0.6 is 11.6 Å². The quantitative estimate of drug-likeness (QED) is 0.851. The summed E-state index contributed by atoms with van der Waals surface area (Å²) in [6.45, 7) is 3.79. The van der Waals surface area contributed by atoms with E-state index in [0.717, 1.165) is 37.0 Å². The van der Waals surface area contributed by atoms with E-state index >= 15 is 0 Å². The normalized spacial score (nSPS) is 18.5. The Morgan fingerprint density at radius 3 is 2.90 bits per heavy atom. The minimum atomic E-state index is 0.668. The summed E-state index contributed by atoms with van der Waals surface area (Å²) in [6, 6.07) is 7.70. The zero-order valence-corrected chi connectivity index (χ0v) is 13.0. The van der Waals surface area contributed by atoms with Crippen LogP contribution in [0, 0.1) is 5.92 Å². The van der Waals surface area contributed by atoms with Crippen LogP contribution in [-0.4, -0.2) is 41.5 Å². The first-order valence-electron chi connectivity index (χ1n) is 7.26. The van der Waals surface area contributed by atoms with Gasteiger partial charge in [-0.25, -0.2) is 4.68 Å². The number of benzene rings is 1. The first-order valence-corrected chi connectivity index (χ1v) is 7.64. The first kappa shape index (κ1) is 14.6. The van der Waals surface area contributed by atoms with Gasteiger partial charge in [0, 0.05) is 36.5 Å². The van der Waals surface area contributed by atoms with Crippen molar-refractivity contribution in [3.63, 3.8) is 0 Å². The standard InChI is InChI=1S/C16H20ClN3O/c1-19(9-13-6-7-21-12-13)10-14-8-18-20(11-14)16-4-2-15(17)3-5-16/h2-5,8,11,13H,6-7,9-10,12H2,1H3/t13-/m0/s1. The van der Waals surface area contributed by atoms with E-state index in [9.17, 15) is 0 Å². The van der Waals surface area contributed by atoms with E-state index in [4.69, 9.17) is 16.3 Å². The highest BCUT2D eigenvalue weighted by Gasteiger charge is 2.17. The van der Waals surface area contributed by atoms with Crippen LogP contribution < -0.4 is 0 Å². The summed E-state index contributed by atoms with van der Waals surface area (Å²) in [4.78, 5) is 2.34. The lowest BCUT2D eigenvalue weighted by Crippen LogP contribution is -2.25. The van der Waals surface area contributed by atoms with Crippen LogP contribution in [0.25, 0.3) is 5.69 Å². The number of halogens is 1. The maximum atomic E-state index is 5.91. The topological polar surface area (TPSA) is 30.3 Å². The highest BCUT2D eigenvalue weighted by Crippen LogP contribution is 2.16. The van der Waals surface area contributed by atoms with Gasteiger partial charge in [-0.05, 0) is 43.7 Å². The second-order valence-electron chi connectivity index (χ2n) is 5.70. The van der Waals surface area contributed by atoms with Gasteiger partial charge in [0.15, 0.2) is 0 Å². The summed E-state index contributed by atoms with van der Waals surface area (Å²) in [6.07, 6.45) is 5.18. The molecule has 4 nitrogen and oxygen atoms in total. The van der Waals surface area contributed by atoms with Crippen molar-refractivity contribution in [2.24, 2.45) is 5.92 Å². The van der Waals surface area contributed by atoms with Crippen LogP contribution in [0.1, 0.15) is 12.0 Å². The van der Waals surface area contributed by atoms with Gasteiger partial charge in [0.1, 0.15) is 0 Å². The van der Waals surface area contributed by atoms with E-state index in [1.807, 2.05) is 35.1 Å². The molecule has 21 heavy (non-hydrogen) atoms. The molecule has 0 spiro atoms. The van der Waals surface area contributed by atoms with E-state index in [-0.39, 0.29) is 0 Å². The Bertz CT molecular complexity index is 575. The highest BCUT2D eigenvalue weighted by molar-refractivity contribution is 6.30. The fourth-order valence-electron chi connectivity index (χ4n) is 2.72. The third kappa shape index (κ3) is 3.84. The predicted molar refractivity (Wildman–Crippen MR) is 83.8 cm³/mol. The second kappa shape index (κ2) is 6.60. The molecule has 0 N–H and O–H groups in total. The summed E-state index contributed by atoms with van der Waals surface area (Å²) in [7, 11) is 2.15. The average molecular weight is 306 g/mol. The predicted octanol–water partition coefficient (Wildman–Crippen LogP) is 2.99. The molecule has 0 amide bonds. The monoisotopic (exact) mass is 305 g/mol. The van der Waals surface area contributed by atoms with Crippen LogP contribution in [0.3, 0.4) is 0 Å². The van der Waals surface area contributed by atoms with Crippen LogP contribution in [0.4, 0.5) is 0 Å². The minimum absolute atomic E-state index is 0.668. The van der Waals surface area contributed by atoms with Gasteiger partial charge >= 0.3 is 0 Å². The zero-order valence-electron chi connectivity index (χ0n) is 12.2. The van der Waals surface area contributed by atoms with E-state index in [1.165, 1.54) is 12.0 Å². The summed E-state index contributed by atoms with van der Waals surface area (Å²) in [5.41, 5.74) is 2.24. The van der Waals surface area contributed by atoms with Gasteiger partial charge in [0.05, 0.1) is 18.5 Å². The molecule has 0 radical (unpaired) electrons. The fourth-order valence-corrected chi connectivity index (χ4v) is 2.85. The van der Waals surface area contributed by atoms with Gasteiger partial charge in [-0.15, -0.1) is 0 Å². The van der Waals surface area contributed by atoms with Gasteiger partial charge in [-0.1, -0.05) is 11.6 Å². The summed E-state index contributed by atoms with van der Waals surface area (Å²) in [5.74, 6) is 0.668. The van der Waals surface area contributed by atoms with Crippen LogP contribution in [0.5, 0.6) is 0 Å². The molecule has 3 rings (SSSR count). The van der Waals surface area contributed by atoms with Gasteiger partial charge in [0.25, 0.3) is 0 Å². The summed E-state index contributed by atoms with van der Waals surface area (Å²) in [5, 5.41) is 5.16. The van der Waals surface area contributed by atoms with Gasteiger partial charge < -0.3 is 9.64 Å². The molecule has 0 bridgehead atoms. The lowest BCUT2D eigenvalue weighted by atomic mass is 10.1. The molecular weight excluding hydrogens is 286 g/mol. The number of hydrogen-bond acceptors (Lipinski definition) is 3. The molecule has 1 aliphatic rings. The molecule has 1 aromatic heterocycles. The SMILES string of the molecule is CN(Cc1cnn(-c2ccc(Cl)cc2)c1)C[C@@H]1CCOC1. The lowest BCUT2D eigenvalue weighted by molar-refractivity contribution is 0.173. The first-order chi connectivity index (χ1) is 10.2. The number of hydrogen-bond donors (Lipinski definition) is 0. The third-order valence-electron chi connectivity index (χ3n) is 3.77. The molecule has 1 aromatic carbocycles. The smallest absolute Gasteiger partial charge is 0.0646 e. The largest absolute Gasteiger partial charge is 0.381 e. The van der Waals surface area contributed by atoms with Crippen LogP contribution in [0.15, 0.2) is 36.7 Å². The maximum Gasteiger partial charge on any atom is 0.0646 e. The summed E-state index contributed by atoms with van der Waals surface area (Å²) >= 11 is 5.91. The maximum absolute atomic E-state index is 5.91. The number of ether oxygens (including phenoxy) is 1. The molecule has 0 saturated carbocycles. The van der Waals surface area contributed by atoms with Crippen LogP contribution in [-0.2, 0) is 11.3 Å². The molecule has 5 heteroatoms. The van der Waals surface area contributed by atoms with Crippen molar-refractivity contribution in [1.29, 1.82) is 0 Å². The van der Waals surface area contributed by atoms with Crippen LogP contribution in [0.2, 0.25) is 5.02 Å². The van der Waals surface area contributed by atoms with E-state index in [2.05, 4.69) is 23.2 Å². The molecule has 1 atom stereocenters. The molecule has 2 aromatic rings. The molecule has 1 fully saturated rings. The summed E-state index contributed by atoms with van der Waals surface area (Å²) < 4.78 is 7.31. The molecule has 2 heterocycles. The van der Waals surface area contributed by atoms with Crippen molar-refractivity contribution in [3.8, 4) is 5.69 Å². The Labute approximate surface area is 130 Å². The number of rotatable bonds is 5. The van der Waals surface area contributed by atoms with Crippen molar-refractivity contribution in [1.82, 2.24) is 14.7 Å². The Kier molecular flexibility index (Phi) is 4.58. The highest BCUT2D eigenvalue weighted by atomic mass is 35.5. The van der Waals surface area contributed by atoms with E-state index < -0.39 is 0 Å². The Morgan fingerprint density at radius 2 is 2.19 bits per heavy atom. The molecular formula is C16H20ClN3O. The minimum Gasteiger partial charge on any atom is -0.381 e. The Hall–Kier alpha value is -1.36. The van der Waals surface area contributed by atoms with Gasteiger partial charge in [0.2, 0.25) is 0 Å². The Balaban J connectivity index is 1.60. The molecule has 1 aliphatic heterocycles. The van der Waals surface area contributed by atoms with E-state index in [0.29, 0.717) is 5.92 Å². The van der Waals surface area contributed by atoms with Crippen molar-refractivity contribution in [3.05, 3.63) is 47.2 Å². The van der Waals surface area contributed by atoms with Crippen molar-refractivity contribution in [2.75, 3.05) is 26.8 Å². The number of aromatic nitrogens is 2. The molecule has 112 valence electrons. The molecule has 0 unspecified atom stereocenters. The van der Waals surface area contributed by atoms with Crippen molar-refractivity contribution in [2.45, 2.75) is 13.0 Å². The molecule has 0 aliphatic carbocycles. The lowest BCUT2D eigenvalue weighted by Gasteiger charge is -2.18.